The molecule has 0 aliphatic carbocycles. The van der Waals surface area contributed by atoms with E-state index in [4.69, 9.17) is 4.42 Å². The summed E-state index contributed by atoms with van der Waals surface area (Å²) in [5, 5.41) is 8.34. The lowest BCUT2D eigenvalue weighted by molar-refractivity contribution is -0.122. The maximum Gasteiger partial charge on any atom is 0.255 e. The number of carbonyl (C=O) groups is 2. The van der Waals surface area contributed by atoms with Crippen LogP contribution in [0, 0.1) is 0 Å². The molecule has 0 radical (unpaired) electrons. The van der Waals surface area contributed by atoms with Crippen LogP contribution in [-0.4, -0.2) is 37.5 Å². The molecule has 1 aromatic rings. The number of carbonyl (C=O) groups excluding carboxylic acids is 2. The minimum atomic E-state index is -0.587. The van der Waals surface area contributed by atoms with Crippen molar-refractivity contribution in [3.05, 3.63) is 24.2 Å². The van der Waals surface area contributed by atoms with Gasteiger partial charge in [-0.05, 0) is 27.0 Å². The normalized spacial score (nSPS) is 13.7. The van der Waals surface area contributed by atoms with Crippen molar-refractivity contribution < 1.29 is 14.0 Å². The van der Waals surface area contributed by atoms with E-state index < -0.39 is 6.04 Å². The summed E-state index contributed by atoms with van der Waals surface area (Å²) in [5.74, 6) is -0.540. The second kappa shape index (κ2) is 6.80. The molecule has 0 aliphatic rings. The Morgan fingerprint density at radius 2 is 2.11 bits per heavy atom. The van der Waals surface area contributed by atoms with Crippen molar-refractivity contribution in [1.82, 2.24) is 16.0 Å². The summed E-state index contributed by atoms with van der Waals surface area (Å²) in [7, 11) is 1.82. The maximum absolute atomic E-state index is 11.7. The van der Waals surface area contributed by atoms with Gasteiger partial charge in [0.25, 0.3) is 5.91 Å². The average Bonchev–Trinajstić information content (AvgIpc) is 2.89. The summed E-state index contributed by atoms with van der Waals surface area (Å²) in [6, 6.07) is 1.14. The molecule has 0 fully saturated rings. The third-order valence-corrected chi connectivity index (χ3v) is 2.60. The zero-order chi connectivity index (χ0) is 13.5. The van der Waals surface area contributed by atoms with Crippen molar-refractivity contribution in [2.75, 3.05) is 13.6 Å². The molecule has 100 valence electrons. The zero-order valence-electron chi connectivity index (χ0n) is 10.8. The van der Waals surface area contributed by atoms with Crippen molar-refractivity contribution in [2.24, 2.45) is 0 Å². The summed E-state index contributed by atoms with van der Waals surface area (Å²) in [6.07, 6.45) is 2.75. The highest BCUT2D eigenvalue weighted by Gasteiger charge is 2.17. The first-order valence-electron chi connectivity index (χ1n) is 5.82. The molecule has 1 aromatic heterocycles. The summed E-state index contributed by atoms with van der Waals surface area (Å²) in [6.45, 7) is 4.10. The second-order valence-corrected chi connectivity index (χ2v) is 4.14. The fourth-order valence-electron chi connectivity index (χ4n) is 1.25. The maximum atomic E-state index is 11.7. The van der Waals surface area contributed by atoms with E-state index in [-0.39, 0.29) is 17.9 Å². The lowest BCUT2D eigenvalue weighted by atomic mass is 10.2. The van der Waals surface area contributed by atoms with E-state index in [1.807, 2.05) is 14.0 Å². The van der Waals surface area contributed by atoms with E-state index >= 15 is 0 Å². The van der Waals surface area contributed by atoms with E-state index in [0.29, 0.717) is 12.1 Å². The van der Waals surface area contributed by atoms with Crippen molar-refractivity contribution in [3.8, 4) is 0 Å². The lowest BCUT2D eigenvalue weighted by Gasteiger charge is -2.16. The van der Waals surface area contributed by atoms with Crippen molar-refractivity contribution >= 4 is 11.8 Å². The van der Waals surface area contributed by atoms with Crippen LogP contribution < -0.4 is 16.0 Å². The van der Waals surface area contributed by atoms with Gasteiger partial charge in [-0.3, -0.25) is 9.59 Å². The number of hydrogen-bond acceptors (Lipinski definition) is 4. The van der Waals surface area contributed by atoms with Gasteiger partial charge in [-0.2, -0.15) is 0 Å². The fourth-order valence-corrected chi connectivity index (χ4v) is 1.25. The van der Waals surface area contributed by atoms with Crippen LogP contribution in [0.25, 0.3) is 0 Å². The van der Waals surface area contributed by atoms with Crippen LogP contribution in [0.3, 0.4) is 0 Å². The summed E-state index contributed by atoms with van der Waals surface area (Å²) < 4.78 is 4.80. The standard InChI is InChI=1S/C12H19N3O3/c1-8(13-3)6-14-11(16)9(2)15-12(17)10-4-5-18-7-10/h4-5,7-9,13H,6H2,1-3H3,(H,14,16)(H,15,17). The van der Waals surface area contributed by atoms with E-state index in [9.17, 15) is 9.59 Å². The quantitative estimate of drug-likeness (QED) is 0.672. The van der Waals surface area contributed by atoms with Crippen molar-refractivity contribution in [2.45, 2.75) is 25.9 Å². The van der Waals surface area contributed by atoms with Gasteiger partial charge >= 0.3 is 0 Å². The SMILES string of the molecule is CNC(C)CNC(=O)C(C)NC(=O)c1ccoc1. The monoisotopic (exact) mass is 253 g/mol. The molecule has 6 heteroatoms. The van der Waals surface area contributed by atoms with Crippen molar-refractivity contribution in [1.29, 1.82) is 0 Å². The molecule has 0 bridgehead atoms. The zero-order valence-corrected chi connectivity index (χ0v) is 10.8. The third kappa shape index (κ3) is 4.21. The number of likely N-dealkylation sites (N-methyl/N-ethyl adjacent to an activating group) is 1. The van der Waals surface area contributed by atoms with Crippen LogP contribution in [0.4, 0.5) is 0 Å². The Morgan fingerprint density at radius 3 is 2.67 bits per heavy atom. The molecule has 1 heterocycles. The Morgan fingerprint density at radius 1 is 1.39 bits per heavy atom. The van der Waals surface area contributed by atoms with Gasteiger partial charge in [-0.1, -0.05) is 0 Å². The van der Waals surface area contributed by atoms with Crippen LogP contribution in [-0.2, 0) is 4.79 Å². The molecular weight excluding hydrogens is 234 g/mol. The minimum Gasteiger partial charge on any atom is -0.472 e. The molecule has 0 saturated heterocycles. The first-order chi connectivity index (χ1) is 8.54. The summed E-state index contributed by atoms with van der Waals surface area (Å²) >= 11 is 0. The molecule has 18 heavy (non-hydrogen) atoms. The average molecular weight is 253 g/mol. The number of rotatable bonds is 6. The molecule has 1 rings (SSSR count). The molecule has 6 nitrogen and oxygen atoms in total. The van der Waals surface area contributed by atoms with Crippen LogP contribution in [0.2, 0.25) is 0 Å². The van der Waals surface area contributed by atoms with Crippen LogP contribution in [0.15, 0.2) is 23.0 Å². The molecule has 3 N–H and O–H groups in total. The number of amides is 2. The van der Waals surface area contributed by atoms with E-state index in [1.54, 1.807) is 13.0 Å². The Bertz CT molecular complexity index is 389. The highest BCUT2D eigenvalue weighted by molar-refractivity contribution is 5.97. The molecule has 0 spiro atoms. The molecule has 0 aromatic carbocycles. The molecule has 0 aliphatic heterocycles. The number of hydrogen-bond donors (Lipinski definition) is 3. The van der Waals surface area contributed by atoms with Gasteiger partial charge in [0, 0.05) is 12.6 Å². The van der Waals surface area contributed by atoms with Gasteiger partial charge in [0.2, 0.25) is 5.91 Å². The molecule has 0 saturated carbocycles. The third-order valence-electron chi connectivity index (χ3n) is 2.60. The van der Waals surface area contributed by atoms with Gasteiger partial charge in [0.05, 0.1) is 11.8 Å². The second-order valence-electron chi connectivity index (χ2n) is 4.14. The lowest BCUT2D eigenvalue weighted by Crippen LogP contribution is -2.47. The summed E-state index contributed by atoms with van der Waals surface area (Å²) in [4.78, 5) is 23.3. The van der Waals surface area contributed by atoms with E-state index in [2.05, 4.69) is 16.0 Å². The summed E-state index contributed by atoms with van der Waals surface area (Å²) in [5.41, 5.74) is 0.401. The Hall–Kier alpha value is -1.82. The molecular formula is C12H19N3O3. The Labute approximate surface area is 106 Å². The van der Waals surface area contributed by atoms with Gasteiger partial charge in [-0.25, -0.2) is 0 Å². The van der Waals surface area contributed by atoms with Crippen LogP contribution in [0.5, 0.6) is 0 Å². The number of furan rings is 1. The minimum absolute atomic E-state index is 0.186. The van der Waals surface area contributed by atoms with Gasteiger partial charge in [0.15, 0.2) is 0 Å². The Balaban J connectivity index is 2.38. The predicted molar refractivity (Wildman–Crippen MR) is 67.2 cm³/mol. The smallest absolute Gasteiger partial charge is 0.255 e. The largest absolute Gasteiger partial charge is 0.472 e. The first-order valence-corrected chi connectivity index (χ1v) is 5.82. The fraction of sp³-hybridized carbons (Fsp3) is 0.500. The number of nitrogens with one attached hydrogen (secondary N) is 3. The highest BCUT2D eigenvalue weighted by Crippen LogP contribution is 1.99. The van der Waals surface area contributed by atoms with Gasteiger partial charge in [0.1, 0.15) is 12.3 Å². The Kier molecular flexibility index (Phi) is 5.38. The van der Waals surface area contributed by atoms with E-state index in [0.717, 1.165) is 0 Å². The van der Waals surface area contributed by atoms with E-state index in [1.165, 1.54) is 12.5 Å². The predicted octanol–water partition coefficient (Wildman–Crippen LogP) is 0.122. The molecule has 2 unspecified atom stereocenters. The van der Waals surface area contributed by atoms with Gasteiger partial charge in [-0.15, -0.1) is 0 Å². The highest BCUT2D eigenvalue weighted by atomic mass is 16.3. The van der Waals surface area contributed by atoms with Crippen LogP contribution in [0.1, 0.15) is 24.2 Å². The van der Waals surface area contributed by atoms with Crippen LogP contribution >= 0.6 is 0 Å². The topological polar surface area (TPSA) is 83.4 Å². The van der Waals surface area contributed by atoms with Crippen molar-refractivity contribution in [3.63, 3.8) is 0 Å². The molecule has 2 amide bonds. The molecule has 2 atom stereocenters. The van der Waals surface area contributed by atoms with Gasteiger partial charge < -0.3 is 20.4 Å². The first kappa shape index (κ1) is 14.2.